The number of nitrogens with one attached hydrogen (secondary N) is 1. The molecule has 8 rings (SSSR count). The predicted molar refractivity (Wildman–Crippen MR) is 183 cm³/mol. The van der Waals surface area contributed by atoms with Crippen LogP contribution in [0.4, 0.5) is 0 Å². The predicted octanol–water partition coefficient (Wildman–Crippen LogP) is 11.7. The van der Waals surface area contributed by atoms with Gasteiger partial charge >= 0.3 is 0 Å². The third-order valence-corrected chi connectivity index (χ3v) is 8.48. The summed E-state index contributed by atoms with van der Waals surface area (Å²) in [6.07, 6.45) is 0. The van der Waals surface area contributed by atoms with Crippen molar-refractivity contribution >= 4 is 21.8 Å². The van der Waals surface area contributed by atoms with Crippen molar-refractivity contribution in [2.24, 2.45) is 0 Å². The van der Waals surface area contributed by atoms with E-state index in [4.69, 9.17) is 0 Å². The molecule has 1 heterocycles. The van der Waals surface area contributed by atoms with E-state index in [0.29, 0.717) is 0 Å². The zero-order valence-corrected chi connectivity index (χ0v) is 23.7. The standard InChI is InChI=1S/C42H29N/c1-3-15-29(16-4-1)31-19-7-8-20-33(31)34-21-9-10-22-35(34)36-23-11-12-25-38(36)41-32(30-17-5-2-6-18-30)27-28-39-37-24-13-14-26-40(37)43-42(39)41/h1-28,43H. The highest BCUT2D eigenvalue weighted by Crippen LogP contribution is 2.46. The first-order chi connectivity index (χ1) is 21.4. The molecule has 1 nitrogen and oxygen atoms in total. The van der Waals surface area contributed by atoms with Crippen molar-refractivity contribution in [3.8, 4) is 55.6 Å². The Morgan fingerprint density at radius 2 is 0.721 bits per heavy atom. The Bertz CT molecular complexity index is 2220. The molecule has 202 valence electrons. The fourth-order valence-electron chi connectivity index (χ4n) is 6.53. The number of aromatic amines is 1. The Balaban J connectivity index is 1.42. The van der Waals surface area contributed by atoms with Crippen LogP contribution >= 0.6 is 0 Å². The molecule has 0 aliphatic heterocycles. The average molecular weight is 548 g/mol. The van der Waals surface area contributed by atoms with Crippen molar-refractivity contribution < 1.29 is 0 Å². The minimum atomic E-state index is 1.15. The zero-order chi connectivity index (χ0) is 28.6. The van der Waals surface area contributed by atoms with Crippen LogP contribution in [-0.2, 0) is 0 Å². The number of hydrogen-bond donors (Lipinski definition) is 1. The molecular formula is C42H29N. The lowest BCUT2D eigenvalue weighted by molar-refractivity contribution is 1.52. The van der Waals surface area contributed by atoms with Crippen LogP contribution in [0.2, 0.25) is 0 Å². The number of H-pyrrole nitrogens is 1. The van der Waals surface area contributed by atoms with E-state index in [2.05, 4.69) is 175 Å². The van der Waals surface area contributed by atoms with Gasteiger partial charge in [0.05, 0.1) is 5.52 Å². The van der Waals surface area contributed by atoms with Crippen LogP contribution in [0, 0.1) is 0 Å². The average Bonchev–Trinajstić information content (AvgIpc) is 3.47. The maximum absolute atomic E-state index is 3.81. The van der Waals surface area contributed by atoms with Gasteiger partial charge in [0.25, 0.3) is 0 Å². The normalized spacial score (nSPS) is 11.3. The summed E-state index contributed by atoms with van der Waals surface area (Å²) in [7, 11) is 0. The Labute approximate surface area is 251 Å². The molecule has 0 fully saturated rings. The van der Waals surface area contributed by atoms with E-state index >= 15 is 0 Å². The van der Waals surface area contributed by atoms with Crippen LogP contribution in [0.25, 0.3) is 77.4 Å². The maximum Gasteiger partial charge on any atom is 0.0551 e. The van der Waals surface area contributed by atoms with Crippen LogP contribution in [-0.4, -0.2) is 4.98 Å². The Hall–Kier alpha value is -5.66. The zero-order valence-electron chi connectivity index (χ0n) is 23.7. The minimum absolute atomic E-state index is 1.15. The van der Waals surface area contributed by atoms with Gasteiger partial charge < -0.3 is 4.98 Å². The van der Waals surface area contributed by atoms with Gasteiger partial charge in [-0.05, 0) is 56.1 Å². The molecule has 0 aliphatic carbocycles. The first kappa shape index (κ1) is 25.1. The molecule has 0 amide bonds. The lowest BCUT2D eigenvalue weighted by Crippen LogP contribution is -1.93. The van der Waals surface area contributed by atoms with Crippen LogP contribution < -0.4 is 0 Å². The molecule has 0 spiro atoms. The van der Waals surface area contributed by atoms with Gasteiger partial charge in [0.2, 0.25) is 0 Å². The van der Waals surface area contributed by atoms with Gasteiger partial charge in [0, 0.05) is 21.9 Å². The van der Waals surface area contributed by atoms with Gasteiger partial charge in [-0.2, -0.15) is 0 Å². The molecule has 7 aromatic carbocycles. The van der Waals surface area contributed by atoms with Crippen LogP contribution in [0.15, 0.2) is 170 Å². The maximum atomic E-state index is 3.81. The van der Waals surface area contributed by atoms with Gasteiger partial charge in [-0.15, -0.1) is 0 Å². The van der Waals surface area contributed by atoms with E-state index in [1.54, 1.807) is 0 Å². The van der Waals surface area contributed by atoms with Gasteiger partial charge in [0.1, 0.15) is 0 Å². The summed E-state index contributed by atoms with van der Waals surface area (Å²) in [5, 5.41) is 2.48. The molecule has 1 N–H and O–H groups in total. The van der Waals surface area contributed by atoms with Gasteiger partial charge in [0.15, 0.2) is 0 Å². The number of fused-ring (bicyclic) bond motifs is 3. The fraction of sp³-hybridized carbons (Fsp3) is 0. The van der Waals surface area contributed by atoms with Crippen LogP contribution in [0.3, 0.4) is 0 Å². The number of hydrogen-bond acceptors (Lipinski definition) is 0. The quantitative estimate of drug-likeness (QED) is 0.221. The second-order valence-corrected chi connectivity index (χ2v) is 11.0. The molecule has 0 radical (unpaired) electrons. The second kappa shape index (κ2) is 10.6. The van der Waals surface area contributed by atoms with E-state index in [1.165, 1.54) is 66.4 Å². The summed E-state index contributed by atoms with van der Waals surface area (Å²) >= 11 is 0. The Kier molecular flexibility index (Phi) is 6.20. The lowest BCUT2D eigenvalue weighted by atomic mass is 9.84. The number of rotatable bonds is 5. The summed E-state index contributed by atoms with van der Waals surface area (Å²) in [5.74, 6) is 0. The van der Waals surface area contributed by atoms with Gasteiger partial charge in [-0.1, -0.05) is 164 Å². The van der Waals surface area contributed by atoms with E-state index in [0.717, 1.165) is 11.0 Å². The molecule has 0 unspecified atom stereocenters. The van der Waals surface area contributed by atoms with Crippen LogP contribution in [0.5, 0.6) is 0 Å². The summed E-state index contributed by atoms with van der Waals surface area (Å²) in [4.78, 5) is 3.81. The summed E-state index contributed by atoms with van der Waals surface area (Å²) in [6.45, 7) is 0. The Morgan fingerprint density at radius 1 is 0.279 bits per heavy atom. The third-order valence-electron chi connectivity index (χ3n) is 8.48. The minimum Gasteiger partial charge on any atom is -0.354 e. The number of para-hydroxylation sites is 1. The summed E-state index contributed by atoms with van der Waals surface area (Å²) in [6, 6.07) is 61.0. The largest absolute Gasteiger partial charge is 0.354 e. The van der Waals surface area contributed by atoms with E-state index in [1.807, 2.05) is 0 Å². The van der Waals surface area contributed by atoms with Crippen LogP contribution in [0.1, 0.15) is 0 Å². The lowest BCUT2D eigenvalue weighted by Gasteiger charge is -2.19. The fourth-order valence-corrected chi connectivity index (χ4v) is 6.53. The first-order valence-corrected chi connectivity index (χ1v) is 14.8. The van der Waals surface area contributed by atoms with Crippen molar-refractivity contribution in [2.75, 3.05) is 0 Å². The first-order valence-electron chi connectivity index (χ1n) is 14.8. The smallest absolute Gasteiger partial charge is 0.0551 e. The third kappa shape index (κ3) is 4.34. The number of benzene rings is 7. The summed E-state index contributed by atoms with van der Waals surface area (Å²) in [5.41, 5.74) is 14.5. The van der Waals surface area contributed by atoms with Crippen molar-refractivity contribution in [1.82, 2.24) is 4.98 Å². The van der Waals surface area contributed by atoms with Crippen molar-refractivity contribution in [1.29, 1.82) is 0 Å². The highest BCUT2D eigenvalue weighted by molar-refractivity contribution is 6.16. The van der Waals surface area contributed by atoms with Crippen molar-refractivity contribution in [3.63, 3.8) is 0 Å². The van der Waals surface area contributed by atoms with Crippen molar-refractivity contribution in [2.45, 2.75) is 0 Å². The van der Waals surface area contributed by atoms with E-state index in [-0.39, 0.29) is 0 Å². The molecule has 0 saturated carbocycles. The van der Waals surface area contributed by atoms with Gasteiger partial charge in [-0.25, -0.2) is 0 Å². The molecule has 0 atom stereocenters. The van der Waals surface area contributed by atoms with E-state index in [9.17, 15) is 0 Å². The highest BCUT2D eigenvalue weighted by atomic mass is 14.7. The molecule has 1 heteroatoms. The Morgan fingerprint density at radius 3 is 1.35 bits per heavy atom. The molecule has 43 heavy (non-hydrogen) atoms. The number of aromatic nitrogens is 1. The molecule has 8 aromatic rings. The SMILES string of the molecule is c1ccc(-c2ccccc2-c2ccccc2-c2ccccc2-c2c(-c3ccccc3)ccc3c2[nH]c2ccccc23)cc1. The molecule has 0 bridgehead atoms. The van der Waals surface area contributed by atoms with Gasteiger partial charge in [-0.3, -0.25) is 0 Å². The van der Waals surface area contributed by atoms with Crippen molar-refractivity contribution in [3.05, 3.63) is 170 Å². The molecule has 0 saturated heterocycles. The monoisotopic (exact) mass is 547 g/mol. The molecule has 1 aromatic heterocycles. The highest BCUT2D eigenvalue weighted by Gasteiger charge is 2.20. The molecule has 0 aliphatic rings. The topological polar surface area (TPSA) is 15.8 Å². The molecular weight excluding hydrogens is 518 g/mol. The second-order valence-electron chi connectivity index (χ2n) is 11.0. The van der Waals surface area contributed by atoms with E-state index < -0.39 is 0 Å². The summed E-state index contributed by atoms with van der Waals surface area (Å²) < 4.78 is 0.